The molecule has 2 aromatic rings. The normalized spacial score (nSPS) is 12.2. The van der Waals surface area contributed by atoms with Crippen LogP contribution in [0.15, 0.2) is 21.7 Å². The van der Waals surface area contributed by atoms with Gasteiger partial charge in [0, 0.05) is 17.3 Å². The molecule has 0 saturated heterocycles. The van der Waals surface area contributed by atoms with Gasteiger partial charge in [0.25, 0.3) is 10.0 Å². The molecule has 2 rings (SSSR count). The summed E-state index contributed by atoms with van der Waals surface area (Å²) in [7, 11) is -1.81. The third-order valence-corrected chi connectivity index (χ3v) is 6.53. The van der Waals surface area contributed by atoms with Crippen molar-refractivity contribution in [1.29, 1.82) is 0 Å². The Morgan fingerprint density at radius 3 is 2.56 bits per heavy atom. The van der Waals surface area contributed by atoms with Crippen LogP contribution in [0.5, 0.6) is 0 Å². The predicted molar refractivity (Wildman–Crippen MR) is 74.6 cm³/mol. The lowest BCUT2D eigenvalue weighted by Gasteiger charge is -2.14. The predicted octanol–water partition coefficient (Wildman–Crippen LogP) is 2.64. The van der Waals surface area contributed by atoms with Gasteiger partial charge in [0.1, 0.15) is 4.21 Å². The van der Waals surface area contributed by atoms with Crippen LogP contribution >= 0.6 is 22.7 Å². The lowest BCUT2D eigenvalue weighted by molar-refractivity contribution is 0.464. The first kappa shape index (κ1) is 13.7. The van der Waals surface area contributed by atoms with Crippen LogP contribution < -0.4 is 0 Å². The second-order valence-electron chi connectivity index (χ2n) is 3.98. The summed E-state index contributed by atoms with van der Waals surface area (Å²) in [5, 5.41) is 2.84. The van der Waals surface area contributed by atoms with E-state index in [0.717, 1.165) is 15.6 Å². The van der Waals surface area contributed by atoms with Crippen molar-refractivity contribution < 1.29 is 8.42 Å². The van der Waals surface area contributed by atoms with Crippen molar-refractivity contribution in [3.05, 3.63) is 33.1 Å². The molecule has 18 heavy (non-hydrogen) atoms. The number of sulfonamides is 1. The highest BCUT2D eigenvalue weighted by Crippen LogP contribution is 2.24. The highest BCUT2D eigenvalue weighted by molar-refractivity contribution is 7.91. The van der Waals surface area contributed by atoms with Gasteiger partial charge in [-0.2, -0.15) is 4.31 Å². The Labute approximate surface area is 115 Å². The fourth-order valence-electron chi connectivity index (χ4n) is 1.50. The Kier molecular flexibility index (Phi) is 3.86. The molecule has 4 nitrogen and oxygen atoms in total. The van der Waals surface area contributed by atoms with Crippen molar-refractivity contribution in [3.63, 3.8) is 0 Å². The molecule has 0 aliphatic rings. The minimum Gasteiger partial charge on any atom is -0.245 e. The molecule has 0 N–H and O–H groups in total. The second kappa shape index (κ2) is 5.08. The van der Waals surface area contributed by atoms with E-state index in [9.17, 15) is 8.42 Å². The van der Waals surface area contributed by atoms with Gasteiger partial charge in [-0.3, -0.25) is 0 Å². The van der Waals surface area contributed by atoms with Gasteiger partial charge in [-0.1, -0.05) is 0 Å². The molecular formula is C11H14N2O2S3. The quantitative estimate of drug-likeness (QED) is 0.872. The number of aromatic nitrogens is 1. The number of hydrogen-bond donors (Lipinski definition) is 0. The summed E-state index contributed by atoms with van der Waals surface area (Å²) in [6.45, 7) is 4.11. The average molecular weight is 302 g/mol. The minimum atomic E-state index is -3.39. The number of rotatable bonds is 4. The van der Waals surface area contributed by atoms with Gasteiger partial charge < -0.3 is 0 Å². The van der Waals surface area contributed by atoms with Gasteiger partial charge in [-0.15, -0.1) is 22.7 Å². The maximum absolute atomic E-state index is 12.3. The molecule has 0 fully saturated rings. The first-order valence-electron chi connectivity index (χ1n) is 5.33. The highest BCUT2D eigenvalue weighted by Gasteiger charge is 2.23. The molecule has 0 aliphatic carbocycles. The summed E-state index contributed by atoms with van der Waals surface area (Å²) in [6, 6.07) is 3.47. The van der Waals surface area contributed by atoms with Crippen molar-refractivity contribution in [1.82, 2.24) is 9.29 Å². The Morgan fingerprint density at radius 1 is 1.33 bits per heavy atom. The van der Waals surface area contributed by atoms with Crippen LogP contribution in [0.1, 0.15) is 15.6 Å². The SMILES string of the molecule is Cc1ccc(S(=O)(=O)N(C)Cc2csc(C)n2)s1. The number of aryl methyl sites for hydroxylation is 2. The summed E-state index contributed by atoms with van der Waals surface area (Å²) < 4.78 is 26.3. The topological polar surface area (TPSA) is 50.3 Å². The second-order valence-corrected chi connectivity index (χ2v) is 8.61. The molecule has 0 bridgehead atoms. The summed E-state index contributed by atoms with van der Waals surface area (Å²) in [5.74, 6) is 0. The molecular weight excluding hydrogens is 288 g/mol. The molecule has 98 valence electrons. The van der Waals surface area contributed by atoms with E-state index in [2.05, 4.69) is 4.98 Å². The number of thiophene rings is 1. The molecule has 0 saturated carbocycles. The lowest BCUT2D eigenvalue weighted by Crippen LogP contribution is -2.25. The van der Waals surface area contributed by atoms with Gasteiger partial charge in [0.05, 0.1) is 17.2 Å². The fraction of sp³-hybridized carbons (Fsp3) is 0.364. The average Bonchev–Trinajstić information content (AvgIpc) is 2.88. The van der Waals surface area contributed by atoms with E-state index in [1.807, 2.05) is 25.3 Å². The lowest BCUT2D eigenvalue weighted by atomic mass is 10.5. The summed E-state index contributed by atoms with van der Waals surface area (Å²) in [4.78, 5) is 5.27. The zero-order chi connectivity index (χ0) is 13.3. The molecule has 0 radical (unpaired) electrons. The molecule has 2 aromatic heterocycles. The third-order valence-electron chi connectivity index (χ3n) is 2.43. The molecule has 0 aliphatic heterocycles. The number of hydrogen-bond acceptors (Lipinski definition) is 5. The summed E-state index contributed by atoms with van der Waals surface area (Å²) in [6.07, 6.45) is 0. The van der Waals surface area contributed by atoms with Gasteiger partial charge >= 0.3 is 0 Å². The Bertz CT molecular complexity index is 643. The number of nitrogens with zero attached hydrogens (tertiary/aromatic N) is 2. The van der Waals surface area contributed by atoms with Crippen LogP contribution in [-0.2, 0) is 16.6 Å². The van der Waals surface area contributed by atoms with Crippen LogP contribution in [-0.4, -0.2) is 24.8 Å². The van der Waals surface area contributed by atoms with Crippen molar-refractivity contribution in [3.8, 4) is 0 Å². The van der Waals surface area contributed by atoms with E-state index in [0.29, 0.717) is 10.8 Å². The van der Waals surface area contributed by atoms with E-state index < -0.39 is 10.0 Å². The van der Waals surface area contributed by atoms with Crippen LogP contribution in [0, 0.1) is 13.8 Å². The van der Waals surface area contributed by atoms with E-state index in [1.54, 1.807) is 13.1 Å². The zero-order valence-corrected chi connectivity index (χ0v) is 12.8. The van der Waals surface area contributed by atoms with Crippen molar-refractivity contribution in [2.45, 2.75) is 24.6 Å². The van der Waals surface area contributed by atoms with E-state index in [4.69, 9.17) is 0 Å². The Morgan fingerprint density at radius 2 is 2.06 bits per heavy atom. The summed E-state index contributed by atoms with van der Waals surface area (Å²) >= 11 is 2.82. The molecule has 0 amide bonds. The molecule has 0 unspecified atom stereocenters. The van der Waals surface area contributed by atoms with E-state index in [1.165, 1.54) is 27.0 Å². The van der Waals surface area contributed by atoms with Crippen LogP contribution in [0.3, 0.4) is 0 Å². The largest absolute Gasteiger partial charge is 0.252 e. The molecule has 0 atom stereocenters. The molecule has 0 aromatic carbocycles. The van der Waals surface area contributed by atoms with E-state index in [-0.39, 0.29) is 0 Å². The molecule has 7 heteroatoms. The van der Waals surface area contributed by atoms with Gasteiger partial charge in [0.2, 0.25) is 0 Å². The van der Waals surface area contributed by atoms with Crippen molar-refractivity contribution >= 4 is 32.7 Å². The molecule has 0 spiro atoms. The third kappa shape index (κ3) is 2.80. The van der Waals surface area contributed by atoms with E-state index >= 15 is 0 Å². The Hall–Kier alpha value is -0.760. The van der Waals surface area contributed by atoms with Gasteiger partial charge in [0.15, 0.2) is 0 Å². The minimum absolute atomic E-state index is 0.309. The van der Waals surface area contributed by atoms with Crippen molar-refractivity contribution in [2.24, 2.45) is 0 Å². The van der Waals surface area contributed by atoms with Crippen LogP contribution in [0.4, 0.5) is 0 Å². The van der Waals surface area contributed by atoms with Crippen LogP contribution in [0.25, 0.3) is 0 Å². The first-order chi connectivity index (χ1) is 8.39. The fourth-order valence-corrected chi connectivity index (χ4v) is 4.74. The van der Waals surface area contributed by atoms with Gasteiger partial charge in [-0.25, -0.2) is 13.4 Å². The maximum Gasteiger partial charge on any atom is 0.252 e. The van der Waals surface area contributed by atoms with Crippen molar-refractivity contribution in [2.75, 3.05) is 7.05 Å². The van der Waals surface area contributed by atoms with Crippen LogP contribution in [0.2, 0.25) is 0 Å². The smallest absolute Gasteiger partial charge is 0.245 e. The Balaban J connectivity index is 2.20. The number of thiazole rings is 1. The van der Waals surface area contributed by atoms with Gasteiger partial charge in [-0.05, 0) is 26.0 Å². The standard InChI is InChI=1S/C11H14N2O2S3/c1-8-4-5-11(17-8)18(14,15)13(3)6-10-7-16-9(2)12-10/h4-5,7H,6H2,1-3H3. The summed E-state index contributed by atoms with van der Waals surface area (Å²) in [5.41, 5.74) is 0.789. The molecule has 2 heterocycles. The monoisotopic (exact) mass is 302 g/mol. The zero-order valence-electron chi connectivity index (χ0n) is 10.4. The first-order valence-corrected chi connectivity index (χ1v) is 8.47. The highest BCUT2D eigenvalue weighted by atomic mass is 32.2. The maximum atomic E-state index is 12.3.